The molecule has 1 amide bonds. The van der Waals surface area contributed by atoms with Crippen LogP contribution in [0.15, 0.2) is 0 Å². The molecule has 1 aromatic rings. The number of unbranched alkanes of at least 4 members (excludes halogenated alkanes) is 9. The number of nitrogens with one attached hydrogen (secondary N) is 1. The summed E-state index contributed by atoms with van der Waals surface area (Å²) in [5.74, 6) is -12.0. The molecule has 2 nitrogen and oxygen atoms in total. The second kappa shape index (κ2) is 11.9. The van der Waals surface area contributed by atoms with Crippen molar-refractivity contribution in [1.82, 2.24) is 5.32 Å². The second-order valence-corrected chi connectivity index (χ2v) is 6.38. The van der Waals surface area contributed by atoms with E-state index in [2.05, 4.69) is 12.2 Å². The van der Waals surface area contributed by atoms with Crippen LogP contribution >= 0.6 is 0 Å². The average molecular weight is 379 g/mol. The average Bonchev–Trinajstić information content (AvgIpc) is 2.63. The van der Waals surface area contributed by atoms with Gasteiger partial charge < -0.3 is 5.32 Å². The molecule has 148 valence electrons. The summed E-state index contributed by atoms with van der Waals surface area (Å²) in [7, 11) is 0. The number of amides is 1. The minimum absolute atomic E-state index is 0.120. The first-order chi connectivity index (χ1) is 12.4. The molecule has 0 saturated carbocycles. The van der Waals surface area contributed by atoms with Gasteiger partial charge in [0.2, 0.25) is 5.82 Å². The summed E-state index contributed by atoms with van der Waals surface area (Å²) in [6, 6.07) is 0. The maximum Gasteiger partial charge on any atom is 0.257 e. The number of rotatable bonds is 12. The molecule has 0 saturated heterocycles. The molecule has 0 aromatic heterocycles. The molecule has 0 atom stereocenters. The largest absolute Gasteiger partial charge is 0.352 e. The molecule has 26 heavy (non-hydrogen) atoms. The number of hydrogen-bond donors (Lipinski definition) is 1. The van der Waals surface area contributed by atoms with Gasteiger partial charge >= 0.3 is 0 Å². The Labute approximate surface area is 151 Å². The van der Waals surface area contributed by atoms with Crippen LogP contribution in [0.2, 0.25) is 0 Å². The Kier molecular flexibility index (Phi) is 10.2. The predicted octanol–water partition coefficient (Wildman–Crippen LogP) is 6.03. The van der Waals surface area contributed by atoms with E-state index >= 15 is 0 Å². The lowest BCUT2D eigenvalue weighted by Crippen LogP contribution is -2.28. The van der Waals surface area contributed by atoms with Crippen molar-refractivity contribution < 1.29 is 26.7 Å². The molecule has 0 aliphatic heterocycles. The van der Waals surface area contributed by atoms with E-state index in [1.54, 1.807) is 0 Å². The lowest BCUT2D eigenvalue weighted by molar-refractivity contribution is 0.0941. The Bertz CT molecular complexity index is 563. The van der Waals surface area contributed by atoms with Gasteiger partial charge in [-0.1, -0.05) is 64.7 Å². The third kappa shape index (κ3) is 6.57. The predicted molar refractivity (Wildman–Crippen MR) is 90.4 cm³/mol. The summed E-state index contributed by atoms with van der Waals surface area (Å²) in [6.07, 6.45) is 10.8. The van der Waals surface area contributed by atoms with Crippen molar-refractivity contribution in [3.8, 4) is 0 Å². The zero-order valence-electron chi connectivity index (χ0n) is 15.1. The van der Waals surface area contributed by atoms with E-state index in [-0.39, 0.29) is 6.54 Å². The highest BCUT2D eigenvalue weighted by Gasteiger charge is 2.29. The van der Waals surface area contributed by atoms with E-state index in [4.69, 9.17) is 0 Å². The van der Waals surface area contributed by atoms with Crippen LogP contribution in [-0.2, 0) is 0 Å². The highest BCUT2D eigenvalue weighted by atomic mass is 19.2. The monoisotopic (exact) mass is 379 g/mol. The number of carbonyl (C=O) groups excluding carboxylic acids is 1. The Hall–Kier alpha value is -1.66. The van der Waals surface area contributed by atoms with Crippen LogP contribution in [0.25, 0.3) is 0 Å². The maximum absolute atomic E-state index is 13.5. The molecule has 0 bridgehead atoms. The van der Waals surface area contributed by atoms with Crippen molar-refractivity contribution in [2.24, 2.45) is 0 Å². The van der Waals surface area contributed by atoms with Crippen LogP contribution in [0.3, 0.4) is 0 Å². The van der Waals surface area contributed by atoms with Crippen LogP contribution in [-0.4, -0.2) is 12.5 Å². The maximum atomic E-state index is 13.5. The van der Waals surface area contributed by atoms with Gasteiger partial charge in [-0.05, 0) is 6.42 Å². The van der Waals surface area contributed by atoms with Gasteiger partial charge in [0, 0.05) is 6.54 Å². The summed E-state index contributed by atoms with van der Waals surface area (Å²) < 4.78 is 66.1. The highest BCUT2D eigenvalue weighted by molar-refractivity contribution is 5.94. The third-order valence-corrected chi connectivity index (χ3v) is 4.25. The molecule has 0 aliphatic carbocycles. The highest BCUT2D eigenvalue weighted by Crippen LogP contribution is 2.22. The molecule has 0 heterocycles. The van der Waals surface area contributed by atoms with E-state index < -0.39 is 40.6 Å². The normalized spacial score (nSPS) is 11.0. The van der Waals surface area contributed by atoms with Crippen LogP contribution in [0.4, 0.5) is 22.0 Å². The lowest BCUT2D eigenvalue weighted by Gasteiger charge is -2.09. The van der Waals surface area contributed by atoms with Gasteiger partial charge in [0.05, 0.1) is 0 Å². The molecule has 0 aliphatic rings. The Morgan fingerprint density at radius 2 is 1.04 bits per heavy atom. The topological polar surface area (TPSA) is 29.1 Å². The zero-order valence-corrected chi connectivity index (χ0v) is 15.1. The Balaban J connectivity index is 2.28. The summed E-state index contributed by atoms with van der Waals surface area (Å²) >= 11 is 0. The van der Waals surface area contributed by atoms with Gasteiger partial charge in [-0.3, -0.25) is 4.79 Å². The van der Waals surface area contributed by atoms with Gasteiger partial charge in [-0.25, -0.2) is 22.0 Å². The SMILES string of the molecule is CCCCCCCCCCCCNC(=O)c1c(F)c(F)c(F)c(F)c1F. The smallest absolute Gasteiger partial charge is 0.257 e. The summed E-state index contributed by atoms with van der Waals surface area (Å²) in [4.78, 5) is 11.7. The summed E-state index contributed by atoms with van der Waals surface area (Å²) in [5, 5.41) is 2.21. The molecule has 0 spiro atoms. The summed E-state index contributed by atoms with van der Waals surface area (Å²) in [6.45, 7) is 2.29. The lowest BCUT2D eigenvalue weighted by atomic mass is 10.1. The van der Waals surface area contributed by atoms with Crippen molar-refractivity contribution in [2.75, 3.05) is 6.54 Å². The molecule has 1 N–H and O–H groups in total. The van der Waals surface area contributed by atoms with Gasteiger partial charge in [0.1, 0.15) is 5.56 Å². The first kappa shape index (κ1) is 22.4. The van der Waals surface area contributed by atoms with E-state index in [0.717, 1.165) is 25.7 Å². The molecule has 0 fully saturated rings. The van der Waals surface area contributed by atoms with Gasteiger partial charge in [0.25, 0.3) is 5.91 Å². The quantitative estimate of drug-likeness (QED) is 0.204. The fourth-order valence-electron chi connectivity index (χ4n) is 2.71. The van der Waals surface area contributed by atoms with Crippen molar-refractivity contribution in [1.29, 1.82) is 0 Å². The Morgan fingerprint density at radius 1 is 0.654 bits per heavy atom. The van der Waals surface area contributed by atoms with Crippen LogP contribution < -0.4 is 5.32 Å². The van der Waals surface area contributed by atoms with E-state index in [1.165, 1.54) is 32.1 Å². The molecule has 0 radical (unpaired) electrons. The van der Waals surface area contributed by atoms with E-state index in [9.17, 15) is 26.7 Å². The molecular weight excluding hydrogens is 353 g/mol. The third-order valence-electron chi connectivity index (χ3n) is 4.25. The number of hydrogen-bond acceptors (Lipinski definition) is 1. The number of carbonyl (C=O) groups is 1. The van der Waals surface area contributed by atoms with Crippen LogP contribution in [0.5, 0.6) is 0 Å². The molecular formula is C19H26F5NO. The van der Waals surface area contributed by atoms with Crippen molar-refractivity contribution in [2.45, 2.75) is 71.1 Å². The molecule has 1 rings (SSSR count). The van der Waals surface area contributed by atoms with Gasteiger partial charge in [-0.15, -0.1) is 0 Å². The minimum atomic E-state index is -2.27. The van der Waals surface area contributed by atoms with Gasteiger partial charge in [-0.2, -0.15) is 0 Å². The van der Waals surface area contributed by atoms with Crippen molar-refractivity contribution in [3.05, 3.63) is 34.6 Å². The van der Waals surface area contributed by atoms with E-state index in [1.807, 2.05) is 0 Å². The fraction of sp³-hybridized carbons (Fsp3) is 0.632. The fourth-order valence-corrected chi connectivity index (χ4v) is 2.71. The Morgan fingerprint density at radius 3 is 1.50 bits per heavy atom. The van der Waals surface area contributed by atoms with Crippen molar-refractivity contribution >= 4 is 5.91 Å². The van der Waals surface area contributed by atoms with Crippen LogP contribution in [0.1, 0.15) is 81.5 Å². The standard InChI is InChI=1S/C19H26F5NO/c1-2-3-4-5-6-7-8-9-10-11-12-25-19(26)13-14(20)16(22)18(24)17(23)15(13)21/h2-12H2,1H3,(H,25,26). The van der Waals surface area contributed by atoms with Gasteiger partial charge in [0.15, 0.2) is 23.3 Å². The number of halogens is 5. The van der Waals surface area contributed by atoms with Crippen molar-refractivity contribution in [3.63, 3.8) is 0 Å². The van der Waals surface area contributed by atoms with E-state index in [0.29, 0.717) is 6.42 Å². The first-order valence-electron chi connectivity index (χ1n) is 9.21. The second-order valence-electron chi connectivity index (χ2n) is 6.38. The molecule has 0 unspecified atom stereocenters. The summed E-state index contributed by atoms with van der Waals surface area (Å²) in [5.41, 5.74) is -1.44. The van der Waals surface area contributed by atoms with Crippen LogP contribution in [0, 0.1) is 29.1 Å². The number of benzene rings is 1. The zero-order chi connectivity index (χ0) is 19.5. The minimum Gasteiger partial charge on any atom is -0.352 e. The molecule has 1 aromatic carbocycles. The molecule has 7 heteroatoms. The first-order valence-corrected chi connectivity index (χ1v) is 9.21.